The molecule has 3 aromatic carbocycles. The Hall–Kier alpha value is -2.78. The first-order chi connectivity index (χ1) is 18.6. The van der Waals surface area contributed by atoms with Crippen LogP contribution in [0.4, 0.5) is 5.69 Å². The van der Waals surface area contributed by atoms with Crippen molar-refractivity contribution in [3.8, 4) is 0 Å². The number of carbonyl (C=O) groups excluding carboxylic acids is 2. The molecule has 0 bridgehead atoms. The molecule has 3 aromatic rings. The predicted molar refractivity (Wildman–Crippen MR) is 162 cm³/mol. The Morgan fingerprint density at radius 3 is 2.12 bits per heavy atom. The Bertz CT molecular complexity index is 1490. The van der Waals surface area contributed by atoms with Crippen molar-refractivity contribution in [1.29, 1.82) is 0 Å². The van der Waals surface area contributed by atoms with E-state index in [0.29, 0.717) is 31.9 Å². The summed E-state index contributed by atoms with van der Waals surface area (Å²) in [6, 6.07) is 16.6. The SMILES string of the molecule is Cc1ccccc1N(CC(=O)N(Cc1ccc(Cl)c(Cl)c1)C(C)C(=O)NC(C)(C)C)S(=O)(=O)c1ccc(Cl)cc1. The maximum Gasteiger partial charge on any atom is 0.264 e. The first kappa shape index (κ1) is 31.7. The maximum atomic E-state index is 14.0. The van der Waals surface area contributed by atoms with Crippen molar-refractivity contribution in [3.63, 3.8) is 0 Å². The van der Waals surface area contributed by atoms with Crippen LogP contribution in [0.5, 0.6) is 0 Å². The molecule has 0 aliphatic carbocycles. The number of para-hydroxylation sites is 1. The third-order valence-electron chi connectivity index (χ3n) is 6.07. The third-order valence-corrected chi connectivity index (χ3v) is 8.83. The highest BCUT2D eigenvalue weighted by molar-refractivity contribution is 7.92. The number of nitrogens with zero attached hydrogens (tertiary/aromatic N) is 2. The number of sulfonamides is 1. The van der Waals surface area contributed by atoms with Gasteiger partial charge in [0.15, 0.2) is 0 Å². The fraction of sp³-hybridized carbons (Fsp3) is 0.310. The molecule has 3 rings (SSSR count). The number of anilines is 1. The van der Waals surface area contributed by atoms with E-state index in [1.54, 1.807) is 56.3 Å². The number of amides is 2. The Morgan fingerprint density at radius 2 is 1.55 bits per heavy atom. The van der Waals surface area contributed by atoms with Gasteiger partial charge < -0.3 is 10.2 Å². The number of nitrogens with one attached hydrogen (secondary N) is 1. The molecule has 0 fully saturated rings. The molecule has 0 aromatic heterocycles. The minimum atomic E-state index is -4.19. The minimum Gasteiger partial charge on any atom is -0.350 e. The highest BCUT2D eigenvalue weighted by Crippen LogP contribution is 2.29. The van der Waals surface area contributed by atoms with Crippen molar-refractivity contribution in [2.75, 3.05) is 10.8 Å². The minimum absolute atomic E-state index is 0.00292. The number of hydrogen-bond acceptors (Lipinski definition) is 4. The highest BCUT2D eigenvalue weighted by Gasteiger charge is 2.34. The zero-order valence-electron chi connectivity index (χ0n) is 22.9. The molecule has 0 heterocycles. The lowest BCUT2D eigenvalue weighted by Gasteiger charge is -2.34. The summed E-state index contributed by atoms with van der Waals surface area (Å²) in [6.07, 6.45) is 0. The van der Waals surface area contributed by atoms with Gasteiger partial charge in [0, 0.05) is 17.1 Å². The average Bonchev–Trinajstić information content (AvgIpc) is 2.87. The molecule has 0 saturated carbocycles. The molecular formula is C29H32Cl3N3O4S. The van der Waals surface area contributed by atoms with E-state index in [2.05, 4.69) is 5.32 Å². The van der Waals surface area contributed by atoms with Gasteiger partial charge >= 0.3 is 0 Å². The largest absolute Gasteiger partial charge is 0.350 e. The topological polar surface area (TPSA) is 86.8 Å². The van der Waals surface area contributed by atoms with Crippen LogP contribution in [0.2, 0.25) is 15.1 Å². The second-order valence-electron chi connectivity index (χ2n) is 10.4. The average molecular weight is 625 g/mol. The zero-order valence-corrected chi connectivity index (χ0v) is 26.0. The molecule has 1 atom stereocenters. The van der Waals surface area contributed by atoms with E-state index < -0.39 is 34.1 Å². The van der Waals surface area contributed by atoms with Gasteiger partial charge in [-0.1, -0.05) is 59.1 Å². The first-order valence-corrected chi connectivity index (χ1v) is 15.1. The smallest absolute Gasteiger partial charge is 0.264 e. The van der Waals surface area contributed by atoms with Crippen LogP contribution < -0.4 is 9.62 Å². The van der Waals surface area contributed by atoms with Gasteiger partial charge in [0.05, 0.1) is 20.6 Å². The van der Waals surface area contributed by atoms with Crippen molar-refractivity contribution in [2.45, 2.75) is 57.6 Å². The summed E-state index contributed by atoms with van der Waals surface area (Å²) >= 11 is 18.3. The third kappa shape index (κ3) is 7.91. The molecule has 0 radical (unpaired) electrons. The molecule has 0 aliphatic heterocycles. The van der Waals surface area contributed by atoms with Crippen molar-refractivity contribution < 1.29 is 18.0 Å². The summed E-state index contributed by atoms with van der Waals surface area (Å²) in [6.45, 7) is 8.31. The van der Waals surface area contributed by atoms with Crippen LogP contribution in [0, 0.1) is 6.92 Å². The van der Waals surface area contributed by atoms with E-state index in [1.165, 1.54) is 29.2 Å². The van der Waals surface area contributed by atoms with Crippen molar-refractivity contribution in [3.05, 3.63) is 92.9 Å². The number of carbonyl (C=O) groups is 2. The van der Waals surface area contributed by atoms with Gasteiger partial charge in [-0.05, 0) is 88.2 Å². The van der Waals surface area contributed by atoms with Gasteiger partial charge in [0.2, 0.25) is 11.8 Å². The van der Waals surface area contributed by atoms with Gasteiger partial charge in [-0.3, -0.25) is 13.9 Å². The lowest BCUT2D eigenvalue weighted by molar-refractivity contribution is -0.140. The molecule has 40 heavy (non-hydrogen) atoms. The molecular weight excluding hydrogens is 593 g/mol. The van der Waals surface area contributed by atoms with Crippen LogP contribution in [0.1, 0.15) is 38.8 Å². The van der Waals surface area contributed by atoms with Gasteiger partial charge in [-0.25, -0.2) is 8.42 Å². The number of rotatable bonds is 9. The molecule has 7 nitrogen and oxygen atoms in total. The van der Waals surface area contributed by atoms with Crippen molar-refractivity contribution >= 4 is 62.3 Å². The monoisotopic (exact) mass is 623 g/mol. The summed E-state index contributed by atoms with van der Waals surface area (Å²) in [5.41, 5.74) is 1.07. The molecule has 1 unspecified atom stereocenters. The number of hydrogen-bond donors (Lipinski definition) is 1. The van der Waals surface area contributed by atoms with Gasteiger partial charge in [-0.2, -0.15) is 0 Å². The molecule has 11 heteroatoms. The maximum absolute atomic E-state index is 14.0. The Balaban J connectivity index is 2.06. The first-order valence-electron chi connectivity index (χ1n) is 12.5. The van der Waals surface area contributed by atoms with Crippen LogP contribution in [-0.4, -0.2) is 43.3 Å². The molecule has 2 amide bonds. The van der Waals surface area contributed by atoms with Crippen LogP contribution in [-0.2, 0) is 26.2 Å². The molecule has 1 N–H and O–H groups in total. The van der Waals surface area contributed by atoms with E-state index in [-0.39, 0.29) is 17.3 Å². The van der Waals surface area contributed by atoms with Crippen LogP contribution in [0.15, 0.2) is 71.6 Å². The summed E-state index contributed by atoms with van der Waals surface area (Å²) < 4.78 is 28.8. The summed E-state index contributed by atoms with van der Waals surface area (Å²) in [5.74, 6) is -0.965. The number of aryl methyl sites for hydroxylation is 1. The molecule has 0 saturated heterocycles. The fourth-order valence-electron chi connectivity index (χ4n) is 3.98. The summed E-state index contributed by atoms with van der Waals surface area (Å²) in [4.78, 5) is 28.5. The van der Waals surface area contributed by atoms with E-state index in [1.807, 2.05) is 20.8 Å². The van der Waals surface area contributed by atoms with E-state index >= 15 is 0 Å². The molecule has 0 spiro atoms. The second-order valence-corrected chi connectivity index (χ2v) is 13.6. The van der Waals surface area contributed by atoms with E-state index in [0.717, 1.165) is 4.31 Å². The predicted octanol–water partition coefficient (Wildman–Crippen LogP) is 6.48. The lowest BCUT2D eigenvalue weighted by Crippen LogP contribution is -2.54. The summed E-state index contributed by atoms with van der Waals surface area (Å²) in [5, 5.41) is 3.92. The van der Waals surface area contributed by atoms with Crippen molar-refractivity contribution in [2.24, 2.45) is 0 Å². The van der Waals surface area contributed by atoms with Crippen LogP contribution in [0.25, 0.3) is 0 Å². The number of benzene rings is 3. The highest BCUT2D eigenvalue weighted by atomic mass is 35.5. The zero-order chi connectivity index (χ0) is 29.8. The Labute approximate surface area is 251 Å². The van der Waals surface area contributed by atoms with Gasteiger partial charge in [0.25, 0.3) is 10.0 Å². The van der Waals surface area contributed by atoms with Crippen LogP contribution in [0.3, 0.4) is 0 Å². The van der Waals surface area contributed by atoms with Crippen molar-refractivity contribution in [1.82, 2.24) is 10.2 Å². The standard InChI is InChI=1S/C29H32Cl3N3O4S/c1-19-8-6-7-9-26(19)35(40(38,39)23-13-11-22(30)12-14-23)18-27(36)34(20(2)28(37)33-29(3,4)5)17-21-10-15-24(31)25(32)16-21/h6-16,20H,17-18H2,1-5H3,(H,33,37). The summed E-state index contributed by atoms with van der Waals surface area (Å²) in [7, 11) is -4.19. The quantitative estimate of drug-likeness (QED) is 0.295. The second kappa shape index (κ2) is 12.8. The Kier molecular flexibility index (Phi) is 10.2. The van der Waals surface area contributed by atoms with E-state index in [9.17, 15) is 18.0 Å². The fourth-order valence-corrected chi connectivity index (χ4v) is 5.91. The van der Waals surface area contributed by atoms with Crippen LogP contribution >= 0.6 is 34.8 Å². The van der Waals surface area contributed by atoms with E-state index in [4.69, 9.17) is 34.8 Å². The Morgan fingerprint density at radius 1 is 0.925 bits per heavy atom. The molecule has 0 aliphatic rings. The number of halogens is 3. The lowest BCUT2D eigenvalue weighted by atomic mass is 10.1. The van der Waals surface area contributed by atoms with Gasteiger partial charge in [0.1, 0.15) is 12.6 Å². The van der Waals surface area contributed by atoms with Gasteiger partial charge in [-0.15, -0.1) is 0 Å². The normalized spacial score (nSPS) is 12.5. The molecule has 214 valence electrons.